The van der Waals surface area contributed by atoms with Gasteiger partial charge in [0.2, 0.25) is 0 Å². The van der Waals surface area contributed by atoms with Crippen LogP contribution in [0.5, 0.6) is 5.75 Å². The molecule has 1 N–H and O–H groups in total. The molecule has 4 nitrogen and oxygen atoms in total. The normalized spacial score (nSPS) is 15.4. The number of hydrogen-bond donors (Lipinski definition) is 1. The molecule has 1 aliphatic carbocycles. The van der Waals surface area contributed by atoms with Crippen LogP contribution < -0.4 is 15.5 Å². The van der Waals surface area contributed by atoms with Gasteiger partial charge in [-0.1, -0.05) is 72.9 Å². The average Bonchev–Trinajstić information content (AvgIpc) is 2.84. The number of rotatable bonds is 6. The quantitative estimate of drug-likeness (QED) is 0.365. The van der Waals surface area contributed by atoms with Crippen molar-refractivity contribution in [3.63, 3.8) is 0 Å². The van der Waals surface area contributed by atoms with E-state index in [1.54, 1.807) is 7.11 Å². The molecule has 1 heterocycles. The van der Waals surface area contributed by atoms with Crippen molar-refractivity contribution in [2.45, 2.75) is 79.7 Å². The van der Waals surface area contributed by atoms with E-state index in [1.165, 1.54) is 38.2 Å². The molecule has 0 bridgehead atoms. The molecular weight excluding hydrogens is 463 g/mol. The molecule has 2 aromatic carbocycles. The first-order valence-electron chi connectivity index (χ1n) is 13.7. The molecule has 0 amide bonds. The summed E-state index contributed by atoms with van der Waals surface area (Å²) >= 11 is 0. The van der Waals surface area contributed by atoms with Crippen LogP contribution in [0.2, 0.25) is 0 Å². The molecule has 5 heteroatoms. The monoisotopic (exact) mass is 506 g/mol. The van der Waals surface area contributed by atoms with Gasteiger partial charge >= 0.3 is 0 Å². The van der Waals surface area contributed by atoms with Crippen molar-refractivity contribution in [2.75, 3.05) is 19.0 Å². The molecule has 0 radical (unpaired) electrons. The number of methoxy groups -OCH3 is 1. The van der Waals surface area contributed by atoms with Gasteiger partial charge in [-0.2, -0.15) is 0 Å². The van der Waals surface area contributed by atoms with E-state index in [0.717, 1.165) is 17.8 Å². The van der Waals surface area contributed by atoms with E-state index >= 15 is 4.39 Å². The van der Waals surface area contributed by atoms with Crippen molar-refractivity contribution in [1.29, 1.82) is 0 Å². The number of nitrogens with zero attached hydrogens (tertiary/aromatic N) is 1. The number of benzene rings is 2. The summed E-state index contributed by atoms with van der Waals surface area (Å²) in [5.74, 6) is 0.843. The summed E-state index contributed by atoms with van der Waals surface area (Å²) in [5, 5.41) is 3.79. The molecule has 0 atom stereocenters. The zero-order chi connectivity index (χ0) is 27.0. The predicted molar refractivity (Wildman–Crippen MR) is 153 cm³/mol. The highest BCUT2D eigenvalue weighted by Crippen LogP contribution is 2.46. The minimum atomic E-state index is -0.478. The van der Waals surface area contributed by atoms with Crippen LogP contribution in [-0.2, 0) is 0 Å². The first-order chi connectivity index (χ1) is 17.4. The molecule has 0 saturated heterocycles. The van der Waals surface area contributed by atoms with Crippen LogP contribution >= 0.6 is 0 Å². The number of fused-ring (bicyclic) bond motifs is 1. The van der Waals surface area contributed by atoms with Crippen molar-refractivity contribution in [3.05, 3.63) is 58.6 Å². The average molecular weight is 507 g/mol. The maximum Gasteiger partial charge on any atom is 0.200 e. The maximum atomic E-state index is 15.6. The van der Waals surface area contributed by atoms with Gasteiger partial charge in [-0.15, -0.1) is 0 Å². The first-order valence-corrected chi connectivity index (χ1v) is 13.7. The Bertz CT molecular complexity index is 1280. The lowest BCUT2D eigenvalue weighted by Crippen LogP contribution is -2.36. The van der Waals surface area contributed by atoms with E-state index in [4.69, 9.17) is 4.74 Å². The highest BCUT2D eigenvalue weighted by molar-refractivity contribution is 5.94. The molecule has 4 rings (SSSR count). The summed E-state index contributed by atoms with van der Waals surface area (Å²) in [7, 11) is 1.62. The standard InChI is InChI=1S/C32H43FN2O2/c1-31(2,3)30(32(4,5)6)35-20-24(22-13-15-23(37-7)16-14-22)29(36)27-25(33)17-18-26(28(27)35)34-19-21-11-9-8-10-12-21/h13-18,20-21,30,34H,8-12,19H2,1-7H3. The third-order valence-electron chi connectivity index (χ3n) is 7.75. The number of pyridine rings is 1. The Kier molecular flexibility index (Phi) is 7.73. The largest absolute Gasteiger partial charge is 0.497 e. The summed E-state index contributed by atoms with van der Waals surface area (Å²) < 4.78 is 23.1. The zero-order valence-corrected chi connectivity index (χ0v) is 23.6. The molecule has 1 saturated carbocycles. The van der Waals surface area contributed by atoms with E-state index in [0.29, 0.717) is 22.7 Å². The molecule has 200 valence electrons. The molecular formula is C32H43FN2O2. The van der Waals surface area contributed by atoms with Crippen molar-refractivity contribution in [2.24, 2.45) is 16.7 Å². The van der Waals surface area contributed by atoms with Crippen molar-refractivity contribution >= 4 is 16.6 Å². The van der Waals surface area contributed by atoms with Crippen molar-refractivity contribution in [1.82, 2.24) is 4.57 Å². The first kappa shape index (κ1) is 27.2. The van der Waals surface area contributed by atoms with Gasteiger partial charge in [-0.25, -0.2) is 4.39 Å². The molecule has 1 fully saturated rings. The molecule has 0 unspecified atom stereocenters. The molecule has 1 aliphatic rings. The molecule has 1 aromatic heterocycles. The fraction of sp³-hybridized carbons (Fsp3) is 0.531. The SMILES string of the molecule is COc1ccc(-c2cn(C(C(C)(C)C)C(C)(C)C)c3c(NCC4CCCCC4)ccc(F)c3c2=O)cc1. The van der Waals surface area contributed by atoms with Gasteiger partial charge in [0, 0.05) is 24.3 Å². The Labute approximate surface area is 221 Å². The Morgan fingerprint density at radius 1 is 0.973 bits per heavy atom. The molecule has 0 spiro atoms. The summed E-state index contributed by atoms with van der Waals surface area (Å²) in [4.78, 5) is 13.9. The Balaban J connectivity index is 1.99. The zero-order valence-electron chi connectivity index (χ0n) is 23.6. The minimum Gasteiger partial charge on any atom is -0.497 e. The Hall–Kier alpha value is -2.82. The molecule has 0 aliphatic heterocycles. The smallest absolute Gasteiger partial charge is 0.200 e. The number of anilines is 1. The number of aromatic nitrogens is 1. The lowest BCUT2D eigenvalue weighted by atomic mass is 9.71. The van der Waals surface area contributed by atoms with E-state index < -0.39 is 5.82 Å². The van der Waals surface area contributed by atoms with Crippen LogP contribution in [-0.4, -0.2) is 18.2 Å². The topological polar surface area (TPSA) is 43.3 Å². The van der Waals surface area contributed by atoms with Crippen LogP contribution in [0.15, 0.2) is 47.4 Å². The van der Waals surface area contributed by atoms with Gasteiger partial charge in [0.05, 0.1) is 23.7 Å². The van der Waals surface area contributed by atoms with E-state index in [1.807, 2.05) is 36.5 Å². The van der Waals surface area contributed by atoms with Gasteiger partial charge in [0.25, 0.3) is 0 Å². The van der Waals surface area contributed by atoms with E-state index in [-0.39, 0.29) is 27.7 Å². The lowest BCUT2D eigenvalue weighted by Gasteiger charge is -2.43. The van der Waals surface area contributed by atoms with E-state index in [9.17, 15) is 4.79 Å². The second-order valence-electron chi connectivity index (χ2n) is 12.8. The van der Waals surface area contributed by atoms with Gasteiger partial charge in [-0.3, -0.25) is 4.79 Å². The van der Waals surface area contributed by atoms with E-state index in [2.05, 4.69) is 51.4 Å². The number of hydrogen-bond acceptors (Lipinski definition) is 3. The summed E-state index contributed by atoms with van der Waals surface area (Å²) in [6.45, 7) is 14.1. The fourth-order valence-electron chi connectivity index (χ4n) is 6.55. The van der Waals surface area contributed by atoms with Crippen LogP contribution in [0.1, 0.15) is 79.7 Å². The van der Waals surface area contributed by atoms with Crippen LogP contribution in [0.25, 0.3) is 22.0 Å². The van der Waals surface area contributed by atoms with Crippen LogP contribution in [0.4, 0.5) is 10.1 Å². The second kappa shape index (κ2) is 10.5. The number of ether oxygens (including phenoxy) is 1. The van der Waals surface area contributed by atoms with Crippen molar-refractivity contribution in [3.8, 4) is 16.9 Å². The fourth-order valence-corrected chi connectivity index (χ4v) is 6.55. The Morgan fingerprint density at radius 2 is 1.59 bits per heavy atom. The summed E-state index contributed by atoms with van der Waals surface area (Å²) in [6.07, 6.45) is 8.23. The predicted octanol–water partition coefficient (Wildman–Crippen LogP) is 8.44. The molecule has 3 aromatic rings. The van der Waals surface area contributed by atoms with Gasteiger partial charge in [-0.05, 0) is 59.4 Å². The number of halogens is 1. The highest BCUT2D eigenvalue weighted by Gasteiger charge is 2.38. The van der Waals surface area contributed by atoms with Gasteiger partial charge in [0.1, 0.15) is 11.6 Å². The van der Waals surface area contributed by atoms with Crippen molar-refractivity contribution < 1.29 is 9.13 Å². The maximum absolute atomic E-state index is 15.6. The molecule has 37 heavy (non-hydrogen) atoms. The third kappa shape index (κ3) is 5.71. The second-order valence-corrected chi connectivity index (χ2v) is 12.8. The van der Waals surface area contributed by atoms with Gasteiger partial charge in [0.15, 0.2) is 5.43 Å². The third-order valence-corrected chi connectivity index (χ3v) is 7.75. The highest BCUT2D eigenvalue weighted by atomic mass is 19.1. The Morgan fingerprint density at radius 3 is 2.16 bits per heavy atom. The van der Waals surface area contributed by atoms with Crippen LogP contribution in [0, 0.1) is 22.6 Å². The summed E-state index contributed by atoms with van der Waals surface area (Å²) in [6, 6.07) is 10.7. The van der Waals surface area contributed by atoms with Crippen LogP contribution in [0.3, 0.4) is 0 Å². The summed E-state index contributed by atoms with van der Waals surface area (Å²) in [5.41, 5.74) is 2.16. The lowest BCUT2D eigenvalue weighted by molar-refractivity contribution is 0.115. The minimum absolute atomic E-state index is 0.00266. The van der Waals surface area contributed by atoms with Gasteiger partial charge < -0.3 is 14.6 Å². The number of nitrogens with one attached hydrogen (secondary N) is 1.